The van der Waals surface area contributed by atoms with Crippen LogP contribution in [0.4, 0.5) is 0 Å². The second-order valence-electron chi connectivity index (χ2n) is 3.54. The predicted octanol–water partition coefficient (Wildman–Crippen LogP) is -0.453. The van der Waals surface area contributed by atoms with Gasteiger partial charge >= 0.3 is 0 Å². The van der Waals surface area contributed by atoms with Crippen LogP contribution in [0.3, 0.4) is 0 Å². The van der Waals surface area contributed by atoms with E-state index in [4.69, 9.17) is 14.2 Å². The Morgan fingerprint density at radius 3 is 2.69 bits per heavy atom. The molecule has 2 bridgehead atoms. The summed E-state index contributed by atoms with van der Waals surface area (Å²) in [6.45, 7) is 2.75. The maximum Gasteiger partial charge on any atom is 0.143 e. The molecule has 2 heterocycles. The van der Waals surface area contributed by atoms with E-state index in [1.807, 2.05) is 6.92 Å². The Kier molecular flexibility index (Phi) is 3.89. The first-order valence-corrected chi connectivity index (χ1v) is 4.16. The van der Waals surface area contributed by atoms with E-state index < -0.39 is 11.7 Å². The van der Waals surface area contributed by atoms with Gasteiger partial charge in [-0.05, 0) is 6.92 Å². The van der Waals surface area contributed by atoms with E-state index in [2.05, 4.69) is 0 Å². The molecule has 0 aromatic heterocycles. The van der Waals surface area contributed by atoms with Gasteiger partial charge < -0.3 is 19.3 Å². The van der Waals surface area contributed by atoms with Crippen molar-refractivity contribution in [2.24, 2.45) is 0 Å². The summed E-state index contributed by atoms with van der Waals surface area (Å²) >= 11 is 0. The third kappa shape index (κ3) is 1.73. The molecule has 73 valence electrons. The zero-order valence-corrected chi connectivity index (χ0v) is 10.7. The fourth-order valence-corrected chi connectivity index (χ4v) is 2.05. The smallest absolute Gasteiger partial charge is 0.143 e. The van der Waals surface area contributed by atoms with Crippen LogP contribution in [-0.4, -0.2) is 49.3 Å². The van der Waals surface area contributed by atoms with Crippen LogP contribution in [-0.2, 0) is 46.9 Å². The van der Waals surface area contributed by atoms with Crippen LogP contribution in [0.5, 0.6) is 0 Å². The minimum Gasteiger partial charge on any atom is -0.387 e. The van der Waals surface area contributed by atoms with Crippen molar-refractivity contribution in [1.29, 1.82) is 0 Å². The van der Waals surface area contributed by atoms with Crippen LogP contribution in [0.25, 0.3) is 0 Å². The summed E-state index contributed by atoms with van der Waals surface area (Å²) in [5, 5.41) is 9.75. The van der Waals surface area contributed by atoms with E-state index in [-0.39, 0.29) is 44.9 Å². The number of fused-ring (bicyclic) bond motifs is 2. The van der Waals surface area contributed by atoms with Crippen LogP contribution >= 0.6 is 0 Å². The van der Waals surface area contributed by atoms with E-state index in [1.165, 1.54) is 0 Å². The fraction of sp³-hybridized carbons (Fsp3) is 1.00. The number of methoxy groups -OCH3 is 1. The number of rotatable bonds is 2. The second-order valence-corrected chi connectivity index (χ2v) is 3.54. The van der Waals surface area contributed by atoms with Crippen molar-refractivity contribution in [3.8, 4) is 0 Å². The third-order valence-corrected chi connectivity index (χ3v) is 2.64. The van der Waals surface area contributed by atoms with Crippen molar-refractivity contribution < 1.29 is 52.0 Å². The van der Waals surface area contributed by atoms with Crippen molar-refractivity contribution in [1.82, 2.24) is 0 Å². The summed E-state index contributed by atoms with van der Waals surface area (Å²) in [6.07, 6.45) is -0.725. The van der Waals surface area contributed by atoms with Gasteiger partial charge in [-0.25, -0.2) is 0 Å². The van der Waals surface area contributed by atoms with E-state index in [0.717, 1.165) is 0 Å². The van der Waals surface area contributed by atoms with Gasteiger partial charge in [0.05, 0.1) is 19.3 Å². The van der Waals surface area contributed by atoms with Gasteiger partial charge in [0.25, 0.3) is 0 Å². The Labute approximate surface area is 103 Å². The molecule has 4 nitrogen and oxygen atoms in total. The maximum atomic E-state index is 9.75. The van der Waals surface area contributed by atoms with Crippen LogP contribution in [0.15, 0.2) is 0 Å². The predicted molar refractivity (Wildman–Crippen MR) is 40.9 cm³/mol. The monoisotopic (exact) mass is 263 g/mol. The molecule has 0 aromatic rings. The first-order chi connectivity index (χ1) is 5.69. The molecule has 2 fully saturated rings. The van der Waals surface area contributed by atoms with Crippen molar-refractivity contribution in [2.75, 3.05) is 20.3 Å². The average Bonchev–Trinajstić information content (AvgIpc) is 2.41. The Balaban J connectivity index is 0.000000845. The van der Waals surface area contributed by atoms with Crippen LogP contribution in [0.1, 0.15) is 6.92 Å². The summed E-state index contributed by atoms with van der Waals surface area (Å²) in [4.78, 5) is 0. The fourth-order valence-electron chi connectivity index (χ4n) is 2.05. The summed E-state index contributed by atoms with van der Waals surface area (Å²) in [5.41, 5.74) is -0.598. The van der Waals surface area contributed by atoms with Crippen molar-refractivity contribution in [3.63, 3.8) is 0 Å². The molecule has 1 radical (unpaired) electrons. The maximum absolute atomic E-state index is 9.75. The topological polar surface area (TPSA) is 47.9 Å². The van der Waals surface area contributed by atoms with E-state index in [0.29, 0.717) is 13.2 Å². The number of hydrogen-bond donors (Lipinski definition) is 1. The van der Waals surface area contributed by atoms with Crippen LogP contribution < -0.4 is 0 Å². The summed E-state index contributed by atoms with van der Waals surface area (Å²) in [6, 6.07) is 0. The standard InChI is InChI=1S/C8H14O4.Y/c1-5-6-7(9)8(12-5,3-10-2)4-11-6;/h5-7,9H,3-4H2,1-2H3;/t5-,6-,7-,8-;/m0./s1. The van der Waals surface area contributed by atoms with Gasteiger partial charge in [-0.3, -0.25) is 0 Å². The van der Waals surface area contributed by atoms with E-state index in [9.17, 15) is 5.11 Å². The van der Waals surface area contributed by atoms with E-state index in [1.54, 1.807) is 7.11 Å². The van der Waals surface area contributed by atoms with Crippen molar-refractivity contribution in [3.05, 3.63) is 0 Å². The molecule has 0 spiro atoms. The van der Waals surface area contributed by atoms with Crippen molar-refractivity contribution >= 4 is 0 Å². The Morgan fingerprint density at radius 2 is 2.31 bits per heavy atom. The molecule has 0 aromatic carbocycles. The molecule has 0 unspecified atom stereocenters. The molecule has 0 saturated carbocycles. The quantitative estimate of drug-likeness (QED) is 0.733. The Hall–Kier alpha value is 0.944. The minimum absolute atomic E-state index is 0. The largest absolute Gasteiger partial charge is 0.387 e. The minimum atomic E-state index is -0.598. The molecule has 2 rings (SSSR count). The molecular weight excluding hydrogens is 249 g/mol. The molecular formula is C8H14O4Y. The molecule has 4 atom stereocenters. The van der Waals surface area contributed by atoms with Gasteiger partial charge in [0.2, 0.25) is 0 Å². The summed E-state index contributed by atoms with van der Waals surface area (Å²) in [5.74, 6) is 0. The Bertz CT molecular complexity index is 189. The first-order valence-electron chi connectivity index (χ1n) is 4.16. The molecule has 13 heavy (non-hydrogen) atoms. The van der Waals surface area contributed by atoms with E-state index >= 15 is 0 Å². The second kappa shape index (κ2) is 4.21. The molecule has 0 amide bonds. The van der Waals surface area contributed by atoms with Gasteiger partial charge in [-0.1, -0.05) is 0 Å². The number of hydrogen-bond acceptors (Lipinski definition) is 4. The van der Waals surface area contributed by atoms with Gasteiger partial charge in [0, 0.05) is 39.8 Å². The van der Waals surface area contributed by atoms with Gasteiger partial charge in [0.15, 0.2) is 0 Å². The Morgan fingerprint density at radius 1 is 1.62 bits per heavy atom. The molecule has 2 aliphatic rings. The van der Waals surface area contributed by atoms with Crippen molar-refractivity contribution in [2.45, 2.75) is 30.8 Å². The normalized spacial score (nSPS) is 47.8. The van der Waals surface area contributed by atoms with Gasteiger partial charge in [-0.15, -0.1) is 0 Å². The zero-order valence-electron chi connectivity index (χ0n) is 7.90. The molecule has 5 heteroatoms. The molecule has 1 N–H and O–H groups in total. The number of aliphatic hydroxyl groups is 1. The summed E-state index contributed by atoms with van der Waals surface area (Å²) < 4.78 is 16.0. The zero-order chi connectivity index (χ0) is 8.77. The molecule has 0 aliphatic carbocycles. The summed E-state index contributed by atoms with van der Waals surface area (Å²) in [7, 11) is 1.60. The third-order valence-electron chi connectivity index (χ3n) is 2.64. The average molecular weight is 263 g/mol. The molecule has 2 aliphatic heterocycles. The van der Waals surface area contributed by atoms with Gasteiger partial charge in [0.1, 0.15) is 17.8 Å². The molecule has 2 saturated heterocycles. The van der Waals surface area contributed by atoms with Crippen LogP contribution in [0.2, 0.25) is 0 Å². The first kappa shape index (κ1) is 12.0. The van der Waals surface area contributed by atoms with Gasteiger partial charge in [-0.2, -0.15) is 0 Å². The van der Waals surface area contributed by atoms with Crippen LogP contribution in [0, 0.1) is 0 Å². The number of aliphatic hydroxyl groups excluding tert-OH is 1. The number of ether oxygens (including phenoxy) is 3. The SMILES string of the molecule is COC[C@@]12CO[C@@H]([C@H](C)O1)[C@@H]2O.[Y].